The van der Waals surface area contributed by atoms with Crippen molar-refractivity contribution in [3.05, 3.63) is 35.9 Å². The number of hydrogen-bond acceptors (Lipinski definition) is 3. The zero-order valence-corrected chi connectivity index (χ0v) is 8.56. The quantitative estimate of drug-likeness (QED) is 0.753. The summed E-state index contributed by atoms with van der Waals surface area (Å²) in [6, 6.07) is 9.21. The molecule has 1 aliphatic carbocycles. The molecule has 0 bridgehead atoms. The van der Waals surface area contributed by atoms with Gasteiger partial charge < -0.3 is 10.5 Å². The van der Waals surface area contributed by atoms with Crippen LogP contribution in [0.4, 0.5) is 0 Å². The molecule has 1 saturated carbocycles. The number of carbonyl (C=O) groups excluding carboxylic acids is 1. The van der Waals surface area contributed by atoms with E-state index >= 15 is 0 Å². The molecular weight excluding hydrogens is 190 g/mol. The van der Waals surface area contributed by atoms with E-state index in [0.717, 1.165) is 18.4 Å². The Morgan fingerprint density at radius 3 is 2.67 bits per heavy atom. The van der Waals surface area contributed by atoms with Crippen LogP contribution in [0.1, 0.15) is 18.4 Å². The van der Waals surface area contributed by atoms with Gasteiger partial charge in [-0.15, -0.1) is 0 Å². The van der Waals surface area contributed by atoms with Crippen molar-refractivity contribution in [3.8, 4) is 0 Å². The number of nitrogens with two attached hydrogens (primary N) is 1. The summed E-state index contributed by atoms with van der Waals surface area (Å²) in [4.78, 5) is 11.5. The third kappa shape index (κ3) is 3.06. The third-order valence-corrected chi connectivity index (χ3v) is 2.41. The van der Waals surface area contributed by atoms with Gasteiger partial charge in [-0.25, -0.2) is 0 Å². The fourth-order valence-electron chi connectivity index (χ4n) is 1.39. The molecule has 1 aromatic rings. The van der Waals surface area contributed by atoms with Crippen LogP contribution in [0.15, 0.2) is 30.3 Å². The van der Waals surface area contributed by atoms with Gasteiger partial charge in [0.1, 0.15) is 12.1 Å². The number of rotatable bonds is 4. The van der Waals surface area contributed by atoms with Gasteiger partial charge in [0.25, 0.3) is 0 Å². The molecule has 0 unspecified atom stereocenters. The van der Waals surface area contributed by atoms with Crippen molar-refractivity contribution < 1.29 is 9.53 Å². The second kappa shape index (κ2) is 4.45. The van der Waals surface area contributed by atoms with Gasteiger partial charge in [-0.05, 0) is 24.8 Å². The van der Waals surface area contributed by atoms with E-state index in [9.17, 15) is 4.79 Å². The van der Waals surface area contributed by atoms with E-state index in [2.05, 4.69) is 0 Å². The topological polar surface area (TPSA) is 52.3 Å². The number of hydrogen-bond donors (Lipinski definition) is 1. The predicted molar refractivity (Wildman–Crippen MR) is 57.2 cm³/mol. The maximum atomic E-state index is 11.5. The van der Waals surface area contributed by atoms with Crippen LogP contribution >= 0.6 is 0 Å². The Hall–Kier alpha value is -1.35. The molecule has 0 radical (unpaired) electrons. The lowest BCUT2D eigenvalue weighted by Crippen LogP contribution is -2.34. The fourth-order valence-corrected chi connectivity index (χ4v) is 1.39. The molecule has 2 rings (SSSR count). The van der Waals surface area contributed by atoms with Crippen molar-refractivity contribution >= 4 is 5.97 Å². The normalized spacial score (nSPS) is 17.1. The summed E-state index contributed by atoms with van der Waals surface area (Å²) in [6.45, 7) is 0. The Bertz CT molecular complexity index is 333. The van der Waals surface area contributed by atoms with E-state index in [1.54, 1.807) is 0 Å². The summed E-state index contributed by atoms with van der Waals surface area (Å²) >= 11 is 0. The summed E-state index contributed by atoms with van der Waals surface area (Å²) in [5.41, 5.74) is 6.82. The molecule has 0 heterocycles. The molecule has 0 amide bonds. The largest absolute Gasteiger partial charge is 0.461 e. The van der Waals surface area contributed by atoms with Crippen LogP contribution in [0.2, 0.25) is 0 Å². The molecule has 0 aliphatic heterocycles. The summed E-state index contributed by atoms with van der Waals surface area (Å²) in [5.74, 6) is -0.277. The molecule has 1 aliphatic rings. The van der Waals surface area contributed by atoms with Crippen LogP contribution in [0, 0.1) is 0 Å². The molecule has 3 heteroatoms. The van der Waals surface area contributed by atoms with Gasteiger partial charge in [-0.1, -0.05) is 30.3 Å². The number of ether oxygens (including phenoxy) is 1. The molecule has 2 N–H and O–H groups in total. The van der Waals surface area contributed by atoms with Gasteiger partial charge in [0, 0.05) is 0 Å². The highest BCUT2D eigenvalue weighted by Crippen LogP contribution is 2.23. The average Bonchev–Trinajstić information content (AvgIpc) is 3.03. The van der Waals surface area contributed by atoms with Crippen molar-refractivity contribution in [2.24, 2.45) is 5.73 Å². The molecule has 0 spiro atoms. The molecule has 0 aromatic heterocycles. The second-order valence-electron chi connectivity index (χ2n) is 3.93. The lowest BCUT2D eigenvalue weighted by molar-refractivity contribution is -0.146. The predicted octanol–water partition coefficient (Wildman–Crippen LogP) is 1.26. The first-order valence-electron chi connectivity index (χ1n) is 5.25. The van der Waals surface area contributed by atoms with Crippen molar-refractivity contribution in [2.75, 3.05) is 0 Å². The molecular formula is C12H15NO2. The first-order valence-corrected chi connectivity index (χ1v) is 5.25. The number of benzene rings is 1. The first kappa shape index (κ1) is 10.2. The average molecular weight is 205 g/mol. The molecule has 1 aromatic carbocycles. The summed E-state index contributed by atoms with van der Waals surface area (Å²) < 4.78 is 5.13. The fraction of sp³-hybridized carbons (Fsp3) is 0.417. The maximum absolute atomic E-state index is 11.5. The number of esters is 1. The zero-order chi connectivity index (χ0) is 10.7. The van der Waals surface area contributed by atoms with Crippen molar-refractivity contribution in [1.82, 2.24) is 0 Å². The van der Waals surface area contributed by atoms with Gasteiger partial charge in [0.2, 0.25) is 0 Å². The van der Waals surface area contributed by atoms with Crippen LogP contribution in [0.3, 0.4) is 0 Å². The lowest BCUT2D eigenvalue weighted by Gasteiger charge is -2.10. The van der Waals surface area contributed by atoms with E-state index in [1.807, 2.05) is 30.3 Å². The van der Waals surface area contributed by atoms with E-state index in [0.29, 0.717) is 6.42 Å². The Labute approximate surface area is 89.2 Å². The van der Waals surface area contributed by atoms with Gasteiger partial charge in [-0.2, -0.15) is 0 Å². The molecule has 15 heavy (non-hydrogen) atoms. The standard InChI is InChI=1S/C12H15NO2/c13-11(12(14)15-10-6-7-10)8-9-4-2-1-3-5-9/h1-5,10-11H,6-8,13H2/t11-/m0/s1. The lowest BCUT2D eigenvalue weighted by atomic mass is 10.1. The Balaban J connectivity index is 1.85. The van der Waals surface area contributed by atoms with Crippen molar-refractivity contribution in [3.63, 3.8) is 0 Å². The minimum absolute atomic E-state index is 0.138. The molecule has 3 nitrogen and oxygen atoms in total. The van der Waals surface area contributed by atoms with Crippen LogP contribution < -0.4 is 5.73 Å². The van der Waals surface area contributed by atoms with Gasteiger partial charge in [0.05, 0.1) is 0 Å². The van der Waals surface area contributed by atoms with Gasteiger partial charge in [0.15, 0.2) is 0 Å². The monoisotopic (exact) mass is 205 g/mol. The van der Waals surface area contributed by atoms with Crippen LogP contribution in [-0.4, -0.2) is 18.1 Å². The highest BCUT2D eigenvalue weighted by Gasteiger charge is 2.28. The van der Waals surface area contributed by atoms with E-state index in [1.165, 1.54) is 0 Å². The highest BCUT2D eigenvalue weighted by molar-refractivity contribution is 5.76. The van der Waals surface area contributed by atoms with Crippen molar-refractivity contribution in [2.45, 2.75) is 31.4 Å². The Morgan fingerprint density at radius 2 is 2.07 bits per heavy atom. The number of carbonyl (C=O) groups is 1. The third-order valence-electron chi connectivity index (χ3n) is 2.41. The summed E-state index contributed by atoms with van der Waals surface area (Å²) in [6.07, 6.45) is 2.67. The van der Waals surface area contributed by atoms with Crippen LogP contribution in [-0.2, 0) is 16.0 Å². The van der Waals surface area contributed by atoms with Crippen molar-refractivity contribution in [1.29, 1.82) is 0 Å². The highest BCUT2D eigenvalue weighted by atomic mass is 16.5. The smallest absolute Gasteiger partial charge is 0.323 e. The zero-order valence-electron chi connectivity index (χ0n) is 8.56. The van der Waals surface area contributed by atoms with Gasteiger partial charge in [-0.3, -0.25) is 4.79 Å². The van der Waals surface area contributed by atoms with E-state index in [-0.39, 0.29) is 12.1 Å². The minimum atomic E-state index is -0.534. The van der Waals surface area contributed by atoms with E-state index in [4.69, 9.17) is 10.5 Å². The summed E-state index contributed by atoms with van der Waals surface area (Å²) in [5, 5.41) is 0. The van der Waals surface area contributed by atoms with Gasteiger partial charge >= 0.3 is 5.97 Å². The second-order valence-corrected chi connectivity index (χ2v) is 3.93. The molecule has 1 fully saturated rings. The molecule has 0 saturated heterocycles. The maximum Gasteiger partial charge on any atom is 0.323 e. The molecule has 1 atom stereocenters. The van der Waals surface area contributed by atoms with Crippen LogP contribution in [0.25, 0.3) is 0 Å². The first-order chi connectivity index (χ1) is 7.25. The Morgan fingerprint density at radius 1 is 1.40 bits per heavy atom. The summed E-state index contributed by atoms with van der Waals surface area (Å²) in [7, 11) is 0. The SMILES string of the molecule is N[C@@H](Cc1ccccc1)C(=O)OC1CC1. The molecule has 80 valence electrons. The van der Waals surface area contributed by atoms with E-state index < -0.39 is 6.04 Å². The minimum Gasteiger partial charge on any atom is -0.461 e. The Kier molecular flexibility index (Phi) is 3.02. The van der Waals surface area contributed by atoms with Crippen LogP contribution in [0.5, 0.6) is 0 Å².